The average molecular weight is 368 g/mol. The quantitative estimate of drug-likeness (QED) is 0.421. The van der Waals surface area contributed by atoms with Gasteiger partial charge in [0.2, 0.25) is 0 Å². The molecule has 0 heterocycles. The molecule has 0 unspecified atom stereocenters. The van der Waals surface area contributed by atoms with E-state index in [1.807, 2.05) is 12.1 Å². The summed E-state index contributed by atoms with van der Waals surface area (Å²) in [5.41, 5.74) is 1.49. The Hall–Kier alpha value is -1.56. The Labute approximate surface area is 153 Å². The van der Waals surface area contributed by atoms with Gasteiger partial charge in [-0.1, -0.05) is 39.3 Å². The molecule has 1 rings (SSSR count). The maximum absolute atomic E-state index is 11.5. The molecule has 0 radical (unpaired) electrons. The number of guanidine groups is 1. The van der Waals surface area contributed by atoms with E-state index in [4.69, 9.17) is 0 Å². The Kier molecular flexibility index (Phi) is 8.42. The topological polar surface area (TPSA) is 70.6 Å². The number of benzene rings is 1. The maximum Gasteiger partial charge on any atom is 0.190 e. The molecule has 2 N–H and O–H groups in total. The predicted octanol–water partition coefficient (Wildman–Crippen LogP) is 3.01. The molecular formula is C19H33N3O2S. The summed E-state index contributed by atoms with van der Waals surface area (Å²) < 4.78 is 22.9. The molecule has 0 atom stereocenters. The molecule has 0 spiro atoms. The minimum atomic E-state index is -3.13. The Morgan fingerprint density at radius 3 is 2.16 bits per heavy atom. The molecule has 25 heavy (non-hydrogen) atoms. The first kappa shape index (κ1) is 21.5. The van der Waals surface area contributed by atoms with Crippen LogP contribution in [0.5, 0.6) is 0 Å². The number of hydrogen-bond acceptors (Lipinski definition) is 3. The molecule has 5 nitrogen and oxygen atoms in total. The molecular weight excluding hydrogens is 334 g/mol. The summed E-state index contributed by atoms with van der Waals surface area (Å²) in [4.78, 5) is 4.59. The van der Waals surface area contributed by atoms with Gasteiger partial charge in [-0.3, -0.25) is 4.99 Å². The summed E-state index contributed by atoms with van der Waals surface area (Å²) in [5.74, 6) is 0.809. The Balaban J connectivity index is 2.29. The molecule has 142 valence electrons. The van der Waals surface area contributed by atoms with Gasteiger partial charge in [0.1, 0.15) is 0 Å². The van der Waals surface area contributed by atoms with Gasteiger partial charge in [-0.05, 0) is 42.4 Å². The van der Waals surface area contributed by atoms with Crippen LogP contribution in [0.4, 0.5) is 0 Å². The Morgan fingerprint density at radius 2 is 1.64 bits per heavy atom. The van der Waals surface area contributed by atoms with Crippen molar-refractivity contribution in [1.82, 2.24) is 10.6 Å². The van der Waals surface area contributed by atoms with E-state index < -0.39 is 9.84 Å². The standard InChI is InChI=1S/C19H33N3O2S/c1-19(2,3)13-6-7-14-21-18(20-4)22-15-12-16-8-10-17(11-9-16)25(5,23)24/h8-11H,6-7,12-15H2,1-5H3,(H2,20,21,22). The lowest BCUT2D eigenvalue weighted by atomic mass is 9.90. The van der Waals surface area contributed by atoms with Crippen LogP contribution in [-0.2, 0) is 16.3 Å². The van der Waals surface area contributed by atoms with Crippen molar-refractivity contribution in [2.75, 3.05) is 26.4 Å². The predicted molar refractivity (Wildman–Crippen MR) is 106 cm³/mol. The highest BCUT2D eigenvalue weighted by Crippen LogP contribution is 2.21. The Bertz CT molecular complexity index is 644. The smallest absolute Gasteiger partial charge is 0.190 e. The molecule has 0 saturated carbocycles. The second-order valence-corrected chi connectivity index (χ2v) is 9.63. The first-order valence-electron chi connectivity index (χ1n) is 8.85. The summed E-state index contributed by atoms with van der Waals surface area (Å²) in [6.07, 6.45) is 5.60. The van der Waals surface area contributed by atoms with Gasteiger partial charge in [0.15, 0.2) is 15.8 Å². The molecule has 0 aliphatic heterocycles. The third-order valence-corrected chi connectivity index (χ3v) is 5.06. The molecule has 0 amide bonds. The second kappa shape index (κ2) is 9.80. The third kappa shape index (κ3) is 9.48. The van der Waals surface area contributed by atoms with Crippen molar-refractivity contribution < 1.29 is 8.42 Å². The van der Waals surface area contributed by atoms with E-state index in [-0.39, 0.29) is 0 Å². The summed E-state index contributed by atoms with van der Waals surface area (Å²) in [6, 6.07) is 7.04. The number of hydrogen-bond donors (Lipinski definition) is 2. The van der Waals surface area contributed by atoms with Crippen molar-refractivity contribution in [3.8, 4) is 0 Å². The van der Waals surface area contributed by atoms with Crippen LogP contribution in [0.2, 0.25) is 0 Å². The van der Waals surface area contributed by atoms with E-state index in [0.717, 1.165) is 37.5 Å². The zero-order valence-electron chi connectivity index (χ0n) is 16.2. The highest BCUT2D eigenvalue weighted by Gasteiger charge is 2.09. The van der Waals surface area contributed by atoms with Gasteiger partial charge in [-0.25, -0.2) is 8.42 Å². The number of nitrogens with one attached hydrogen (secondary N) is 2. The van der Waals surface area contributed by atoms with E-state index in [1.54, 1.807) is 19.2 Å². The van der Waals surface area contributed by atoms with Crippen LogP contribution < -0.4 is 10.6 Å². The molecule has 0 saturated heterocycles. The van der Waals surface area contributed by atoms with Gasteiger partial charge in [-0.15, -0.1) is 0 Å². The fourth-order valence-corrected chi connectivity index (χ4v) is 3.07. The zero-order valence-corrected chi connectivity index (χ0v) is 17.0. The van der Waals surface area contributed by atoms with Gasteiger partial charge in [0.25, 0.3) is 0 Å². The van der Waals surface area contributed by atoms with Crippen molar-refractivity contribution in [3.63, 3.8) is 0 Å². The molecule has 1 aromatic rings. The average Bonchev–Trinajstić information content (AvgIpc) is 2.51. The van der Waals surface area contributed by atoms with Crippen molar-refractivity contribution in [2.45, 2.75) is 51.3 Å². The van der Waals surface area contributed by atoms with Gasteiger partial charge in [0, 0.05) is 26.4 Å². The van der Waals surface area contributed by atoms with Gasteiger partial charge >= 0.3 is 0 Å². The summed E-state index contributed by atoms with van der Waals surface area (Å²) in [6.45, 7) is 8.47. The molecule has 6 heteroatoms. The fraction of sp³-hybridized carbons (Fsp3) is 0.632. The van der Waals surface area contributed by atoms with Crippen molar-refractivity contribution in [2.24, 2.45) is 10.4 Å². The second-order valence-electron chi connectivity index (χ2n) is 7.61. The minimum absolute atomic E-state index is 0.358. The number of rotatable bonds is 8. The number of aliphatic imine (C=N–C) groups is 1. The Morgan fingerprint density at radius 1 is 1.04 bits per heavy atom. The van der Waals surface area contributed by atoms with E-state index in [1.165, 1.54) is 19.1 Å². The summed E-state index contributed by atoms with van der Waals surface area (Å²) >= 11 is 0. The molecule has 1 aromatic carbocycles. The van der Waals surface area contributed by atoms with Crippen molar-refractivity contribution in [1.29, 1.82) is 0 Å². The van der Waals surface area contributed by atoms with Crippen LogP contribution in [0, 0.1) is 5.41 Å². The lowest BCUT2D eigenvalue weighted by Gasteiger charge is -2.18. The van der Waals surface area contributed by atoms with E-state index in [2.05, 4.69) is 36.4 Å². The van der Waals surface area contributed by atoms with Crippen molar-refractivity contribution in [3.05, 3.63) is 29.8 Å². The summed E-state index contributed by atoms with van der Waals surface area (Å²) in [7, 11) is -1.36. The monoisotopic (exact) mass is 367 g/mol. The lowest BCUT2D eigenvalue weighted by molar-refractivity contribution is 0.360. The third-order valence-electron chi connectivity index (χ3n) is 3.93. The van der Waals surface area contributed by atoms with Gasteiger partial charge < -0.3 is 10.6 Å². The number of sulfone groups is 1. The van der Waals surface area contributed by atoms with Gasteiger partial charge in [0.05, 0.1) is 4.90 Å². The van der Waals surface area contributed by atoms with E-state index in [9.17, 15) is 8.42 Å². The van der Waals surface area contributed by atoms with Crippen LogP contribution in [0.3, 0.4) is 0 Å². The molecule has 0 aliphatic rings. The maximum atomic E-state index is 11.5. The minimum Gasteiger partial charge on any atom is -0.356 e. The van der Waals surface area contributed by atoms with Crippen LogP contribution in [0.1, 0.15) is 45.6 Å². The first-order chi connectivity index (χ1) is 11.6. The molecule has 0 aliphatic carbocycles. The molecule has 0 aromatic heterocycles. The largest absolute Gasteiger partial charge is 0.356 e. The molecule has 0 fully saturated rings. The summed E-state index contributed by atoms with van der Waals surface area (Å²) in [5, 5.41) is 6.62. The van der Waals surface area contributed by atoms with Crippen LogP contribution >= 0.6 is 0 Å². The highest BCUT2D eigenvalue weighted by molar-refractivity contribution is 7.90. The van der Waals surface area contributed by atoms with Crippen LogP contribution in [0.15, 0.2) is 34.2 Å². The lowest BCUT2D eigenvalue weighted by Crippen LogP contribution is -2.38. The number of nitrogens with zero attached hydrogens (tertiary/aromatic N) is 1. The normalized spacial score (nSPS) is 12.9. The molecule has 0 bridgehead atoms. The van der Waals surface area contributed by atoms with Crippen molar-refractivity contribution >= 4 is 15.8 Å². The first-order valence-corrected chi connectivity index (χ1v) is 10.7. The highest BCUT2D eigenvalue weighted by atomic mass is 32.2. The SMILES string of the molecule is CN=C(NCCCCC(C)(C)C)NCCc1ccc(S(C)(=O)=O)cc1. The van der Waals surface area contributed by atoms with E-state index in [0.29, 0.717) is 10.3 Å². The van der Waals surface area contributed by atoms with Crippen LogP contribution in [0.25, 0.3) is 0 Å². The van der Waals surface area contributed by atoms with Gasteiger partial charge in [-0.2, -0.15) is 0 Å². The van der Waals surface area contributed by atoms with Crippen LogP contribution in [-0.4, -0.2) is 40.8 Å². The number of unbranched alkanes of at least 4 members (excludes halogenated alkanes) is 1. The zero-order chi connectivity index (χ0) is 18.9. The van der Waals surface area contributed by atoms with E-state index >= 15 is 0 Å². The fourth-order valence-electron chi connectivity index (χ4n) is 2.44.